The van der Waals surface area contributed by atoms with Crippen LogP contribution in [0, 0.1) is 11.8 Å². The molecule has 90 valence electrons. The lowest BCUT2D eigenvalue weighted by molar-refractivity contribution is 0.183. The van der Waals surface area contributed by atoms with Crippen molar-refractivity contribution in [2.45, 2.75) is 0 Å². The van der Waals surface area contributed by atoms with E-state index in [-0.39, 0.29) is 13.2 Å². The molecule has 0 aromatic heterocycles. The van der Waals surface area contributed by atoms with Gasteiger partial charge in [-0.1, -0.05) is 0 Å². The quantitative estimate of drug-likeness (QED) is 0.624. The summed E-state index contributed by atoms with van der Waals surface area (Å²) in [5.74, 6) is -2.29. The molecule has 1 saturated heterocycles. The summed E-state index contributed by atoms with van der Waals surface area (Å²) < 4.78 is 64.5. The molecule has 1 aliphatic heterocycles. The van der Waals surface area contributed by atoms with Gasteiger partial charge in [0.15, 0.2) is 0 Å². The Labute approximate surface area is 87.9 Å². The van der Waals surface area contributed by atoms with Crippen LogP contribution < -0.4 is 0 Å². The van der Waals surface area contributed by atoms with E-state index in [1.54, 1.807) is 0 Å². The van der Waals surface area contributed by atoms with Gasteiger partial charge >= 0.3 is 0 Å². The van der Waals surface area contributed by atoms with E-state index in [1.165, 1.54) is 0 Å². The first-order valence-electron chi connectivity index (χ1n) is 4.15. The van der Waals surface area contributed by atoms with Crippen molar-refractivity contribution in [3.8, 4) is 0 Å². The average molecular weight is 260 g/mol. The minimum Gasteiger partial charge on any atom is -0.381 e. The second-order valence-corrected chi connectivity index (χ2v) is 6.55. The van der Waals surface area contributed by atoms with Crippen molar-refractivity contribution in [3.05, 3.63) is 0 Å². The summed E-state index contributed by atoms with van der Waals surface area (Å²) in [7, 11) is -8.31. The molecule has 1 fully saturated rings. The molecule has 0 amide bonds. The van der Waals surface area contributed by atoms with Crippen LogP contribution in [-0.4, -0.2) is 50.7 Å². The van der Waals surface area contributed by atoms with Crippen LogP contribution in [0.15, 0.2) is 0 Å². The summed E-state index contributed by atoms with van der Waals surface area (Å²) >= 11 is 0. The first-order chi connectivity index (χ1) is 6.67. The highest BCUT2D eigenvalue weighted by Crippen LogP contribution is 2.23. The maximum absolute atomic E-state index is 10.6. The van der Waals surface area contributed by atoms with Crippen molar-refractivity contribution in [3.63, 3.8) is 0 Å². The second kappa shape index (κ2) is 4.34. The summed E-state index contributed by atoms with van der Waals surface area (Å²) in [6, 6.07) is 0. The Balaban J connectivity index is 2.66. The highest BCUT2D eigenvalue weighted by atomic mass is 32.2. The summed E-state index contributed by atoms with van der Waals surface area (Å²) in [6.07, 6.45) is 0. The Hall–Kier alpha value is -0.220. The molecule has 2 N–H and O–H groups in total. The summed E-state index contributed by atoms with van der Waals surface area (Å²) in [5, 5.41) is 0. The smallest absolute Gasteiger partial charge is 0.265 e. The summed E-state index contributed by atoms with van der Waals surface area (Å²) in [5.41, 5.74) is 0. The van der Waals surface area contributed by atoms with Crippen LogP contribution in [0.4, 0.5) is 0 Å². The summed E-state index contributed by atoms with van der Waals surface area (Å²) in [6.45, 7) is 0.139. The SMILES string of the molecule is O=S(=O)(O)CC1COCC1CS(=O)(=O)O. The van der Waals surface area contributed by atoms with E-state index in [0.29, 0.717) is 0 Å². The maximum Gasteiger partial charge on any atom is 0.265 e. The van der Waals surface area contributed by atoms with Gasteiger partial charge in [0.2, 0.25) is 0 Å². The van der Waals surface area contributed by atoms with Crippen molar-refractivity contribution in [2.24, 2.45) is 11.8 Å². The van der Waals surface area contributed by atoms with Crippen LogP contribution in [0.1, 0.15) is 0 Å². The molecular formula is C6H12O7S2. The fourth-order valence-electron chi connectivity index (χ4n) is 1.55. The first-order valence-corrected chi connectivity index (χ1v) is 7.37. The minimum absolute atomic E-state index is 0.0694. The molecule has 1 heterocycles. The molecule has 0 aromatic rings. The van der Waals surface area contributed by atoms with E-state index in [4.69, 9.17) is 13.8 Å². The predicted octanol–water partition coefficient (Wildman–Crippen LogP) is -0.975. The van der Waals surface area contributed by atoms with Gasteiger partial charge in [-0.3, -0.25) is 9.11 Å². The maximum atomic E-state index is 10.6. The Kier molecular flexibility index (Phi) is 3.71. The van der Waals surface area contributed by atoms with Crippen LogP contribution in [0.25, 0.3) is 0 Å². The van der Waals surface area contributed by atoms with E-state index >= 15 is 0 Å². The molecule has 1 aliphatic rings. The van der Waals surface area contributed by atoms with E-state index in [9.17, 15) is 16.8 Å². The predicted molar refractivity (Wildman–Crippen MR) is 50.6 cm³/mol. The molecule has 1 rings (SSSR count). The Morgan fingerprint density at radius 1 is 0.933 bits per heavy atom. The van der Waals surface area contributed by atoms with Crippen molar-refractivity contribution < 1.29 is 30.7 Å². The largest absolute Gasteiger partial charge is 0.381 e. The fourth-order valence-corrected chi connectivity index (χ4v) is 3.37. The molecule has 7 nitrogen and oxygen atoms in total. The van der Waals surface area contributed by atoms with E-state index in [2.05, 4.69) is 0 Å². The highest BCUT2D eigenvalue weighted by Gasteiger charge is 2.34. The van der Waals surface area contributed by atoms with Gasteiger partial charge in [-0.05, 0) is 0 Å². The van der Waals surface area contributed by atoms with Crippen molar-refractivity contribution in [1.82, 2.24) is 0 Å². The molecule has 0 saturated carbocycles. The number of hydrogen-bond acceptors (Lipinski definition) is 5. The molecule has 0 spiro atoms. The topological polar surface area (TPSA) is 118 Å². The molecule has 9 heteroatoms. The average Bonchev–Trinajstić information content (AvgIpc) is 2.29. The molecule has 15 heavy (non-hydrogen) atoms. The van der Waals surface area contributed by atoms with Gasteiger partial charge in [0.25, 0.3) is 20.2 Å². The fraction of sp³-hybridized carbons (Fsp3) is 1.00. The van der Waals surface area contributed by atoms with Gasteiger partial charge in [-0.2, -0.15) is 16.8 Å². The van der Waals surface area contributed by atoms with Gasteiger partial charge in [0.05, 0.1) is 24.7 Å². The Bertz CT molecular complexity index is 369. The van der Waals surface area contributed by atoms with Crippen molar-refractivity contribution in [2.75, 3.05) is 24.7 Å². The molecule has 2 atom stereocenters. The molecule has 0 bridgehead atoms. The number of ether oxygens (including phenoxy) is 1. The molecule has 2 unspecified atom stereocenters. The van der Waals surface area contributed by atoms with Crippen LogP contribution in [0.2, 0.25) is 0 Å². The Morgan fingerprint density at radius 2 is 1.27 bits per heavy atom. The van der Waals surface area contributed by atoms with Crippen LogP contribution in [-0.2, 0) is 25.0 Å². The number of hydrogen-bond donors (Lipinski definition) is 2. The van der Waals surface area contributed by atoms with Gasteiger partial charge in [0, 0.05) is 11.8 Å². The molecule has 0 aliphatic carbocycles. The van der Waals surface area contributed by atoms with Gasteiger partial charge in [0.1, 0.15) is 0 Å². The monoisotopic (exact) mass is 260 g/mol. The van der Waals surface area contributed by atoms with Gasteiger partial charge in [-0.15, -0.1) is 0 Å². The van der Waals surface area contributed by atoms with Crippen LogP contribution in [0.5, 0.6) is 0 Å². The normalized spacial score (nSPS) is 28.1. The van der Waals surface area contributed by atoms with Gasteiger partial charge < -0.3 is 4.74 Å². The van der Waals surface area contributed by atoms with Crippen molar-refractivity contribution >= 4 is 20.2 Å². The third kappa shape index (κ3) is 4.89. The third-order valence-electron chi connectivity index (χ3n) is 2.18. The van der Waals surface area contributed by atoms with E-state index in [0.717, 1.165) is 0 Å². The van der Waals surface area contributed by atoms with Crippen LogP contribution in [0.3, 0.4) is 0 Å². The molecule has 0 aromatic carbocycles. The Morgan fingerprint density at radius 3 is 1.53 bits per heavy atom. The number of rotatable bonds is 4. The standard InChI is InChI=1S/C6H12O7S2/c7-14(8,9)3-5-1-13-2-6(5)4-15(10,11)12/h5-6H,1-4H2,(H,7,8,9)(H,10,11,12). The first kappa shape index (κ1) is 12.8. The van der Waals surface area contributed by atoms with E-state index < -0.39 is 43.6 Å². The zero-order valence-electron chi connectivity index (χ0n) is 7.74. The van der Waals surface area contributed by atoms with Crippen molar-refractivity contribution in [1.29, 1.82) is 0 Å². The zero-order valence-corrected chi connectivity index (χ0v) is 9.37. The third-order valence-corrected chi connectivity index (χ3v) is 3.88. The second-order valence-electron chi connectivity index (χ2n) is 3.55. The highest BCUT2D eigenvalue weighted by molar-refractivity contribution is 7.86. The van der Waals surface area contributed by atoms with Gasteiger partial charge in [-0.25, -0.2) is 0 Å². The van der Waals surface area contributed by atoms with E-state index in [1.807, 2.05) is 0 Å². The zero-order chi connectivity index (χ0) is 11.7. The molecule has 0 radical (unpaired) electrons. The lowest BCUT2D eigenvalue weighted by atomic mass is 10.0. The lowest BCUT2D eigenvalue weighted by Crippen LogP contribution is -2.27. The molecular weight excluding hydrogens is 248 g/mol. The summed E-state index contributed by atoms with van der Waals surface area (Å²) in [4.78, 5) is 0. The minimum atomic E-state index is -4.15. The van der Waals surface area contributed by atoms with Crippen LogP contribution >= 0.6 is 0 Å². The lowest BCUT2D eigenvalue weighted by Gasteiger charge is -2.13.